The van der Waals surface area contributed by atoms with E-state index < -0.39 is 0 Å². The van der Waals surface area contributed by atoms with Gasteiger partial charge in [-0.15, -0.1) is 0 Å². The number of hydrogen-bond acceptors (Lipinski definition) is 0. The van der Waals surface area contributed by atoms with Gasteiger partial charge in [0.2, 0.25) is 0 Å². The molecule has 2 aliphatic rings. The van der Waals surface area contributed by atoms with Gasteiger partial charge in [0, 0.05) is 0 Å². The van der Waals surface area contributed by atoms with E-state index in [0.717, 1.165) is 23.7 Å². The van der Waals surface area contributed by atoms with Crippen molar-refractivity contribution < 1.29 is 0 Å². The van der Waals surface area contributed by atoms with Gasteiger partial charge in [0.05, 0.1) is 0 Å². The molecule has 0 atom stereocenters. The van der Waals surface area contributed by atoms with Crippen molar-refractivity contribution in [2.45, 2.75) is 117 Å². The van der Waals surface area contributed by atoms with Gasteiger partial charge in [0.25, 0.3) is 0 Å². The predicted molar refractivity (Wildman–Crippen MR) is 117 cm³/mol. The highest BCUT2D eigenvalue weighted by atomic mass is 14.3. The topological polar surface area (TPSA) is 0 Å². The van der Waals surface area contributed by atoms with Crippen LogP contribution in [0.15, 0.2) is 24.3 Å². The van der Waals surface area contributed by atoms with E-state index in [1.165, 1.54) is 103 Å². The molecule has 150 valence electrons. The van der Waals surface area contributed by atoms with Gasteiger partial charge in [-0.25, -0.2) is 0 Å². The largest absolute Gasteiger partial charge is 0.0917 e. The van der Waals surface area contributed by atoms with Crippen LogP contribution in [0.25, 0.3) is 0 Å². The first kappa shape index (κ1) is 21.8. The van der Waals surface area contributed by atoms with E-state index >= 15 is 0 Å². The Morgan fingerprint density at radius 1 is 0.615 bits per heavy atom. The molecule has 0 bridgehead atoms. The lowest BCUT2D eigenvalue weighted by Crippen LogP contribution is -2.15. The summed E-state index contributed by atoms with van der Waals surface area (Å²) in [6.45, 7) is 4.39. The molecule has 0 amide bonds. The quantitative estimate of drug-likeness (QED) is 0.255. The van der Waals surface area contributed by atoms with Crippen molar-refractivity contribution in [2.24, 2.45) is 23.7 Å². The van der Waals surface area contributed by atoms with Crippen LogP contribution in [-0.2, 0) is 0 Å². The second-order valence-electron chi connectivity index (χ2n) is 9.32. The molecule has 0 N–H and O–H groups in total. The molecule has 0 saturated heterocycles. The Bertz CT molecular complexity index is 375. The predicted octanol–water partition coefficient (Wildman–Crippen LogP) is 8.87. The maximum atomic E-state index is 2.43. The third-order valence-corrected chi connectivity index (χ3v) is 7.26. The number of unbranched alkanes of at least 4 members (excludes halogenated alkanes) is 1. The van der Waals surface area contributed by atoms with Crippen LogP contribution >= 0.6 is 0 Å². The van der Waals surface area contributed by atoms with Gasteiger partial charge < -0.3 is 0 Å². The van der Waals surface area contributed by atoms with Gasteiger partial charge in [-0.1, -0.05) is 95.4 Å². The lowest BCUT2D eigenvalue weighted by Gasteiger charge is -2.29. The third kappa shape index (κ3) is 8.92. The van der Waals surface area contributed by atoms with Crippen molar-refractivity contribution in [3.63, 3.8) is 0 Å². The molecule has 0 unspecified atom stereocenters. The van der Waals surface area contributed by atoms with Crippen LogP contribution in [0.1, 0.15) is 117 Å². The average molecular weight is 359 g/mol. The maximum absolute atomic E-state index is 2.43. The van der Waals surface area contributed by atoms with Crippen molar-refractivity contribution in [2.75, 3.05) is 0 Å². The molecule has 0 spiro atoms. The Morgan fingerprint density at radius 3 is 1.62 bits per heavy atom. The van der Waals surface area contributed by atoms with Crippen LogP contribution in [0.4, 0.5) is 0 Å². The van der Waals surface area contributed by atoms with Crippen LogP contribution in [0, 0.1) is 23.7 Å². The summed E-state index contributed by atoms with van der Waals surface area (Å²) >= 11 is 0. The van der Waals surface area contributed by atoms with Crippen molar-refractivity contribution in [3.05, 3.63) is 24.3 Å². The molecule has 0 heterocycles. The lowest BCUT2D eigenvalue weighted by molar-refractivity contribution is 0.238. The van der Waals surface area contributed by atoms with Gasteiger partial charge >= 0.3 is 0 Å². The molecule has 0 aromatic carbocycles. The van der Waals surface area contributed by atoms with Crippen molar-refractivity contribution in [3.8, 4) is 0 Å². The summed E-state index contributed by atoms with van der Waals surface area (Å²) in [4.78, 5) is 0. The van der Waals surface area contributed by atoms with Gasteiger partial charge in [-0.2, -0.15) is 0 Å². The average Bonchev–Trinajstić information content (AvgIpc) is 2.68. The lowest BCUT2D eigenvalue weighted by atomic mass is 9.77. The van der Waals surface area contributed by atoms with E-state index in [-0.39, 0.29) is 0 Å². The van der Waals surface area contributed by atoms with Crippen LogP contribution < -0.4 is 0 Å². The second kappa shape index (κ2) is 13.6. The SMILES string of the molecule is C/C=C/CCC1CCC(CCCCC2CCC(C/C=C\CC)CC2)CC1. The van der Waals surface area contributed by atoms with Crippen molar-refractivity contribution >= 4 is 0 Å². The molecule has 0 radical (unpaired) electrons. The number of hydrogen-bond donors (Lipinski definition) is 0. The minimum Gasteiger partial charge on any atom is -0.0917 e. The Kier molecular flexibility index (Phi) is 11.4. The summed E-state index contributed by atoms with van der Waals surface area (Å²) in [5.74, 6) is 4.15. The Hall–Kier alpha value is -0.520. The summed E-state index contributed by atoms with van der Waals surface area (Å²) in [6.07, 6.45) is 32.8. The first-order valence-electron chi connectivity index (χ1n) is 12.1. The standard InChI is InChI=1S/C26H46/c1-3-5-7-11-23-15-19-25(20-16-23)13-9-10-14-26-21-17-24(18-22-26)12-8-6-4-2/h3,5-6,8,23-26H,4,7,9-22H2,1-2H3/b5-3+,8-6-. The first-order valence-corrected chi connectivity index (χ1v) is 12.1. The molecule has 26 heavy (non-hydrogen) atoms. The third-order valence-electron chi connectivity index (χ3n) is 7.26. The molecule has 2 saturated carbocycles. The Morgan fingerprint density at radius 2 is 1.12 bits per heavy atom. The van der Waals surface area contributed by atoms with E-state index in [9.17, 15) is 0 Å². The highest BCUT2D eigenvalue weighted by Crippen LogP contribution is 2.36. The number of allylic oxidation sites excluding steroid dienone is 4. The fourth-order valence-electron chi connectivity index (χ4n) is 5.38. The minimum absolute atomic E-state index is 0.997. The molecule has 0 heteroatoms. The summed E-state index contributed by atoms with van der Waals surface area (Å²) in [5.41, 5.74) is 0. The molecule has 2 aliphatic carbocycles. The van der Waals surface area contributed by atoms with Crippen LogP contribution in [0.5, 0.6) is 0 Å². The molecule has 0 aliphatic heterocycles. The summed E-state index contributed by atoms with van der Waals surface area (Å²) in [6, 6.07) is 0. The molecule has 0 aromatic rings. The Labute approximate surface area is 164 Å². The molecule has 0 aromatic heterocycles. The molecular formula is C26H46. The Balaban J connectivity index is 1.46. The number of rotatable bonds is 11. The van der Waals surface area contributed by atoms with E-state index in [2.05, 4.69) is 38.2 Å². The van der Waals surface area contributed by atoms with E-state index in [1.807, 2.05) is 0 Å². The highest BCUT2D eigenvalue weighted by molar-refractivity contribution is 4.85. The molecule has 0 nitrogen and oxygen atoms in total. The monoisotopic (exact) mass is 358 g/mol. The van der Waals surface area contributed by atoms with Gasteiger partial charge in [-0.05, 0) is 69.1 Å². The molecule has 2 fully saturated rings. The zero-order valence-corrected chi connectivity index (χ0v) is 17.9. The normalized spacial score (nSPS) is 30.4. The van der Waals surface area contributed by atoms with Gasteiger partial charge in [0.1, 0.15) is 0 Å². The van der Waals surface area contributed by atoms with Gasteiger partial charge in [-0.3, -0.25) is 0 Å². The highest BCUT2D eigenvalue weighted by Gasteiger charge is 2.22. The fraction of sp³-hybridized carbons (Fsp3) is 0.846. The van der Waals surface area contributed by atoms with Crippen LogP contribution in [0.2, 0.25) is 0 Å². The van der Waals surface area contributed by atoms with Gasteiger partial charge in [0.15, 0.2) is 0 Å². The van der Waals surface area contributed by atoms with E-state index in [1.54, 1.807) is 0 Å². The minimum atomic E-state index is 0.997. The first-order chi connectivity index (χ1) is 12.8. The fourth-order valence-corrected chi connectivity index (χ4v) is 5.38. The maximum Gasteiger partial charge on any atom is -0.0322 e. The zero-order valence-electron chi connectivity index (χ0n) is 17.9. The van der Waals surface area contributed by atoms with E-state index in [4.69, 9.17) is 0 Å². The van der Waals surface area contributed by atoms with Crippen LogP contribution in [-0.4, -0.2) is 0 Å². The second-order valence-corrected chi connectivity index (χ2v) is 9.32. The van der Waals surface area contributed by atoms with Crippen LogP contribution in [0.3, 0.4) is 0 Å². The molecule has 2 rings (SSSR count). The zero-order chi connectivity index (χ0) is 18.5. The smallest absolute Gasteiger partial charge is 0.0322 e. The van der Waals surface area contributed by atoms with E-state index in [0.29, 0.717) is 0 Å². The summed E-state index contributed by atoms with van der Waals surface area (Å²) in [5, 5.41) is 0. The van der Waals surface area contributed by atoms with Crippen molar-refractivity contribution in [1.82, 2.24) is 0 Å². The summed E-state index contributed by atoms with van der Waals surface area (Å²) in [7, 11) is 0. The van der Waals surface area contributed by atoms with Crippen molar-refractivity contribution in [1.29, 1.82) is 0 Å². The molecular weight excluding hydrogens is 312 g/mol. The summed E-state index contributed by atoms with van der Waals surface area (Å²) < 4.78 is 0.